The molecule has 156 valence electrons. The molecule has 0 atom stereocenters. The highest BCUT2D eigenvalue weighted by molar-refractivity contribution is 6.08. The first kappa shape index (κ1) is 22.7. The number of carbonyl (C=O) groups excluding carboxylic acids is 1. The number of hydrogen-bond acceptors (Lipinski definition) is 4. The van der Waals surface area contributed by atoms with Gasteiger partial charge in [0.2, 0.25) is 0 Å². The lowest BCUT2D eigenvalue weighted by molar-refractivity contribution is -0.139. The number of carboxylic acid groups (broad SMARTS) is 1. The average Bonchev–Trinajstić information content (AvgIpc) is 2.75. The first-order valence-electron chi connectivity index (χ1n) is 9.70. The first-order valence-corrected chi connectivity index (χ1v) is 9.70. The number of ether oxygens (including phenoxy) is 2. The van der Waals surface area contributed by atoms with E-state index in [2.05, 4.69) is 6.58 Å². The zero-order chi connectivity index (χ0) is 21.9. The van der Waals surface area contributed by atoms with E-state index < -0.39 is 12.6 Å². The van der Waals surface area contributed by atoms with Crippen LogP contribution >= 0.6 is 0 Å². The number of hydrogen-bond donors (Lipinski definition) is 1. The van der Waals surface area contributed by atoms with Crippen LogP contribution in [0, 0.1) is 0 Å². The standard InChI is InChI=1S/C25H26O5/c1-4-7-18-8-10-19(11-9-18)12-15-23(26)22-14-13-21(30-20(5-2)6-3)16-24(22)29-17-25(27)28/h4-5,8-16H,1,6-7,17H2,2-3H3,(H,27,28). The summed E-state index contributed by atoms with van der Waals surface area (Å²) in [6.07, 6.45) is 8.32. The van der Waals surface area contributed by atoms with Gasteiger partial charge in [-0.15, -0.1) is 6.58 Å². The smallest absolute Gasteiger partial charge is 0.341 e. The van der Waals surface area contributed by atoms with Crippen LogP contribution in [0.2, 0.25) is 0 Å². The van der Waals surface area contributed by atoms with Gasteiger partial charge in [-0.25, -0.2) is 4.79 Å². The molecule has 30 heavy (non-hydrogen) atoms. The third-order valence-corrected chi connectivity index (χ3v) is 4.28. The highest BCUT2D eigenvalue weighted by atomic mass is 16.5. The molecule has 0 heterocycles. The van der Waals surface area contributed by atoms with Gasteiger partial charge >= 0.3 is 5.97 Å². The maximum Gasteiger partial charge on any atom is 0.341 e. The molecule has 0 unspecified atom stereocenters. The Hall–Kier alpha value is -3.60. The lowest BCUT2D eigenvalue weighted by atomic mass is 10.1. The molecule has 0 aromatic heterocycles. The highest BCUT2D eigenvalue weighted by Crippen LogP contribution is 2.27. The maximum atomic E-state index is 12.7. The van der Waals surface area contributed by atoms with Crippen LogP contribution in [0.25, 0.3) is 6.08 Å². The monoisotopic (exact) mass is 406 g/mol. The SMILES string of the molecule is C=CCc1ccc(C=CC(=O)c2ccc(OC(=CC)CC)cc2OCC(=O)O)cc1. The molecule has 5 nitrogen and oxygen atoms in total. The van der Waals surface area contributed by atoms with Crippen molar-refractivity contribution in [3.05, 3.63) is 89.7 Å². The Balaban J connectivity index is 2.24. The molecule has 0 saturated heterocycles. The van der Waals surface area contributed by atoms with E-state index in [0.29, 0.717) is 12.2 Å². The van der Waals surface area contributed by atoms with E-state index in [1.165, 1.54) is 12.1 Å². The molecule has 0 spiro atoms. The van der Waals surface area contributed by atoms with Crippen molar-refractivity contribution in [2.75, 3.05) is 6.61 Å². The predicted molar refractivity (Wildman–Crippen MR) is 118 cm³/mol. The first-order chi connectivity index (χ1) is 14.5. The van der Waals surface area contributed by atoms with Gasteiger partial charge in [0.15, 0.2) is 12.4 Å². The fourth-order valence-corrected chi connectivity index (χ4v) is 2.71. The van der Waals surface area contributed by atoms with Crippen LogP contribution in [0.15, 0.2) is 73.0 Å². The lowest BCUT2D eigenvalue weighted by Gasteiger charge is -2.12. The van der Waals surface area contributed by atoms with Gasteiger partial charge in [-0.2, -0.15) is 0 Å². The van der Waals surface area contributed by atoms with Gasteiger partial charge in [-0.05, 0) is 48.8 Å². The van der Waals surface area contributed by atoms with E-state index >= 15 is 0 Å². The minimum absolute atomic E-state index is 0.164. The summed E-state index contributed by atoms with van der Waals surface area (Å²) in [7, 11) is 0. The second-order valence-corrected chi connectivity index (χ2v) is 6.48. The van der Waals surface area contributed by atoms with Crippen molar-refractivity contribution in [1.29, 1.82) is 0 Å². The molecular weight excluding hydrogens is 380 g/mol. The van der Waals surface area contributed by atoms with Crippen molar-refractivity contribution in [2.45, 2.75) is 26.7 Å². The number of ketones is 1. The Bertz CT molecular complexity index is 952. The molecule has 0 fully saturated rings. The van der Waals surface area contributed by atoms with E-state index in [4.69, 9.17) is 14.6 Å². The quantitative estimate of drug-likeness (QED) is 0.232. The van der Waals surface area contributed by atoms with Crippen molar-refractivity contribution in [3.8, 4) is 11.5 Å². The molecule has 2 rings (SSSR count). The number of rotatable bonds is 11. The molecule has 2 aromatic carbocycles. The van der Waals surface area contributed by atoms with E-state index in [0.717, 1.165) is 23.3 Å². The zero-order valence-electron chi connectivity index (χ0n) is 17.3. The average molecular weight is 406 g/mol. The van der Waals surface area contributed by atoms with Gasteiger partial charge < -0.3 is 14.6 Å². The van der Waals surface area contributed by atoms with Gasteiger partial charge in [0.25, 0.3) is 0 Å². The van der Waals surface area contributed by atoms with Crippen molar-refractivity contribution in [3.63, 3.8) is 0 Å². The Kier molecular flexibility index (Phi) is 8.63. The Labute approximate surface area is 177 Å². The summed E-state index contributed by atoms with van der Waals surface area (Å²) in [4.78, 5) is 23.6. The zero-order valence-corrected chi connectivity index (χ0v) is 17.3. The number of allylic oxidation sites excluding steroid dienone is 4. The van der Waals surface area contributed by atoms with Crippen LogP contribution < -0.4 is 9.47 Å². The summed E-state index contributed by atoms with van der Waals surface area (Å²) in [5.74, 6) is -0.0180. The topological polar surface area (TPSA) is 72.8 Å². The van der Waals surface area contributed by atoms with Crippen LogP contribution in [0.4, 0.5) is 0 Å². The second kappa shape index (κ2) is 11.4. The van der Waals surface area contributed by atoms with Crippen molar-refractivity contribution < 1.29 is 24.2 Å². The predicted octanol–water partition coefficient (Wildman–Crippen LogP) is 5.47. The van der Waals surface area contributed by atoms with Gasteiger partial charge in [0.1, 0.15) is 11.5 Å². The molecule has 1 N–H and O–H groups in total. The van der Waals surface area contributed by atoms with E-state index in [1.54, 1.807) is 18.2 Å². The summed E-state index contributed by atoms with van der Waals surface area (Å²) in [5, 5.41) is 8.94. The Morgan fingerprint density at radius 1 is 1.13 bits per heavy atom. The van der Waals surface area contributed by atoms with Crippen molar-refractivity contribution in [1.82, 2.24) is 0 Å². The van der Waals surface area contributed by atoms with Gasteiger partial charge in [0.05, 0.1) is 11.3 Å². The molecule has 0 aliphatic heterocycles. The number of aliphatic carboxylic acids is 1. The molecule has 0 amide bonds. The summed E-state index contributed by atoms with van der Waals surface area (Å²) >= 11 is 0. The number of carboxylic acids is 1. The Morgan fingerprint density at radius 2 is 1.87 bits per heavy atom. The van der Waals surface area contributed by atoms with Gasteiger partial charge in [-0.3, -0.25) is 4.79 Å². The largest absolute Gasteiger partial charge is 0.481 e. The van der Waals surface area contributed by atoms with Crippen LogP contribution in [-0.4, -0.2) is 23.5 Å². The molecule has 0 bridgehead atoms. The number of carbonyl (C=O) groups is 2. The minimum atomic E-state index is -1.13. The van der Waals surface area contributed by atoms with Crippen molar-refractivity contribution >= 4 is 17.8 Å². The third-order valence-electron chi connectivity index (χ3n) is 4.28. The third kappa shape index (κ3) is 6.78. The highest BCUT2D eigenvalue weighted by Gasteiger charge is 2.14. The molecular formula is C25H26O5. The molecule has 0 aliphatic carbocycles. The second-order valence-electron chi connectivity index (χ2n) is 6.48. The van der Waals surface area contributed by atoms with Crippen LogP contribution in [0.3, 0.4) is 0 Å². The van der Waals surface area contributed by atoms with Crippen LogP contribution in [0.5, 0.6) is 11.5 Å². The molecule has 0 radical (unpaired) electrons. The molecule has 2 aromatic rings. The molecule has 5 heteroatoms. The normalized spacial score (nSPS) is 11.3. The van der Waals surface area contributed by atoms with Crippen molar-refractivity contribution in [2.24, 2.45) is 0 Å². The Morgan fingerprint density at radius 3 is 2.47 bits per heavy atom. The summed E-state index contributed by atoms with van der Waals surface area (Å²) in [6, 6.07) is 12.6. The van der Waals surface area contributed by atoms with E-state index in [1.807, 2.05) is 50.3 Å². The fourth-order valence-electron chi connectivity index (χ4n) is 2.71. The summed E-state index contributed by atoms with van der Waals surface area (Å²) in [6.45, 7) is 7.00. The maximum absolute atomic E-state index is 12.7. The summed E-state index contributed by atoms with van der Waals surface area (Å²) < 4.78 is 11.1. The fraction of sp³-hybridized carbons (Fsp3) is 0.200. The molecule has 0 saturated carbocycles. The van der Waals surface area contributed by atoms with Crippen LogP contribution in [0.1, 0.15) is 41.8 Å². The lowest BCUT2D eigenvalue weighted by Crippen LogP contribution is -2.12. The van der Waals surface area contributed by atoms with Crippen LogP contribution in [-0.2, 0) is 11.2 Å². The number of benzene rings is 2. The summed E-state index contributed by atoms with van der Waals surface area (Å²) in [5.41, 5.74) is 2.28. The van der Waals surface area contributed by atoms with E-state index in [9.17, 15) is 9.59 Å². The minimum Gasteiger partial charge on any atom is -0.481 e. The van der Waals surface area contributed by atoms with Gasteiger partial charge in [0, 0.05) is 12.5 Å². The van der Waals surface area contributed by atoms with Gasteiger partial charge in [-0.1, -0.05) is 43.3 Å². The van der Waals surface area contributed by atoms with E-state index in [-0.39, 0.29) is 17.1 Å². The molecule has 0 aliphatic rings.